The van der Waals surface area contributed by atoms with E-state index >= 15 is 0 Å². The van der Waals surface area contributed by atoms with Crippen LogP contribution in [0.15, 0.2) is 24.3 Å². The number of benzene rings is 1. The molecule has 138 valence electrons. The molecule has 0 aliphatic carbocycles. The van der Waals surface area contributed by atoms with Gasteiger partial charge in [-0.05, 0) is 37.6 Å². The van der Waals surface area contributed by atoms with Gasteiger partial charge in [-0.25, -0.2) is 8.42 Å². The third kappa shape index (κ3) is 6.24. The van der Waals surface area contributed by atoms with Gasteiger partial charge in [-0.1, -0.05) is 0 Å². The van der Waals surface area contributed by atoms with Crippen molar-refractivity contribution in [3.63, 3.8) is 0 Å². The summed E-state index contributed by atoms with van der Waals surface area (Å²) in [4.78, 5) is 23.8. The smallest absolute Gasteiger partial charge is 0.234 e. The van der Waals surface area contributed by atoms with Crippen LogP contribution < -0.4 is 15.4 Å². The Hall–Kier alpha value is -1.74. The molecule has 2 rings (SSSR count). The minimum atomic E-state index is -3.07. The summed E-state index contributed by atoms with van der Waals surface area (Å²) in [5.74, 6) is 0.529. The minimum absolute atomic E-state index is 0.0334. The van der Waals surface area contributed by atoms with Crippen molar-refractivity contribution in [3.8, 4) is 5.75 Å². The Bertz CT molecular complexity index is 733. The Morgan fingerprint density at radius 2 is 1.84 bits per heavy atom. The number of amides is 2. The third-order valence-electron chi connectivity index (χ3n) is 3.78. The van der Waals surface area contributed by atoms with Crippen LogP contribution in [0.4, 0.5) is 5.69 Å². The molecule has 2 N–H and O–H groups in total. The number of methoxy groups -OCH3 is 1. The van der Waals surface area contributed by atoms with Crippen LogP contribution in [0.2, 0.25) is 0 Å². The first-order chi connectivity index (χ1) is 11.7. The first-order valence-electron chi connectivity index (χ1n) is 7.74. The highest BCUT2D eigenvalue weighted by atomic mass is 32.2. The normalized spacial score (nSPS) is 21.5. The van der Waals surface area contributed by atoms with Crippen LogP contribution in [0.1, 0.15) is 13.3 Å². The Kier molecular flexibility index (Phi) is 6.34. The summed E-state index contributed by atoms with van der Waals surface area (Å²) < 4.78 is 28.1. The molecule has 1 atom stereocenters. The predicted octanol–water partition coefficient (Wildman–Crippen LogP) is 1.06. The second-order valence-corrected chi connectivity index (χ2v) is 9.39. The van der Waals surface area contributed by atoms with E-state index in [1.165, 1.54) is 11.8 Å². The van der Waals surface area contributed by atoms with Gasteiger partial charge in [0.05, 0.1) is 35.7 Å². The number of rotatable bonds is 7. The lowest BCUT2D eigenvalue weighted by Gasteiger charge is -2.23. The number of anilines is 1. The summed E-state index contributed by atoms with van der Waals surface area (Å²) in [5, 5.41) is 5.49. The van der Waals surface area contributed by atoms with Crippen molar-refractivity contribution >= 4 is 39.1 Å². The molecule has 1 aliphatic heterocycles. The molecular weight excluding hydrogens is 364 g/mol. The lowest BCUT2D eigenvalue weighted by Crippen LogP contribution is -2.47. The fourth-order valence-electron chi connectivity index (χ4n) is 2.59. The van der Waals surface area contributed by atoms with E-state index < -0.39 is 15.4 Å². The van der Waals surface area contributed by atoms with Gasteiger partial charge in [0.25, 0.3) is 0 Å². The van der Waals surface area contributed by atoms with Gasteiger partial charge in [-0.15, -0.1) is 11.8 Å². The zero-order valence-electron chi connectivity index (χ0n) is 14.2. The summed E-state index contributed by atoms with van der Waals surface area (Å²) in [5.41, 5.74) is -0.0542. The first-order valence-corrected chi connectivity index (χ1v) is 10.7. The van der Waals surface area contributed by atoms with E-state index in [9.17, 15) is 18.0 Å². The van der Waals surface area contributed by atoms with Crippen LogP contribution in [0.3, 0.4) is 0 Å². The molecule has 2 amide bonds. The topological polar surface area (TPSA) is 102 Å². The maximum absolute atomic E-state index is 12.0. The zero-order chi connectivity index (χ0) is 18.5. The molecule has 9 heteroatoms. The van der Waals surface area contributed by atoms with E-state index in [4.69, 9.17) is 4.74 Å². The average molecular weight is 386 g/mol. The molecule has 1 fully saturated rings. The third-order valence-corrected chi connectivity index (χ3v) is 6.62. The summed E-state index contributed by atoms with van der Waals surface area (Å²) in [7, 11) is -1.50. The number of ether oxygens (including phenoxy) is 1. The molecule has 1 aromatic carbocycles. The van der Waals surface area contributed by atoms with Gasteiger partial charge in [-0.3, -0.25) is 9.59 Å². The van der Waals surface area contributed by atoms with Crippen LogP contribution in [-0.2, 0) is 19.4 Å². The lowest BCUT2D eigenvalue weighted by atomic mass is 10.0. The molecular formula is C16H22N2O5S2. The second-order valence-electron chi connectivity index (χ2n) is 6.22. The Labute approximate surface area is 151 Å². The van der Waals surface area contributed by atoms with E-state index in [1.807, 2.05) is 0 Å². The molecule has 25 heavy (non-hydrogen) atoms. The van der Waals surface area contributed by atoms with Gasteiger partial charge in [-0.2, -0.15) is 0 Å². The molecule has 0 radical (unpaired) electrons. The zero-order valence-corrected chi connectivity index (χ0v) is 15.8. The highest BCUT2D eigenvalue weighted by molar-refractivity contribution is 8.00. The van der Waals surface area contributed by atoms with E-state index in [1.54, 1.807) is 38.3 Å². The van der Waals surface area contributed by atoms with Crippen LogP contribution in [-0.4, -0.2) is 55.9 Å². The average Bonchev–Trinajstić information content (AvgIpc) is 2.81. The lowest BCUT2D eigenvalue weighted by molar-refractivity contribution is -0.120. The van der Waals surface area contributed by atoms with Gasteiger partial charge < -0.3 is 15.4 Å². The Morgan fingerprint density at radius 3 is 2.40 bits per heavy atom. The quantitative estimate of drug-likeness (QED) is 0.727. The van der Waals surface area contributed by atoms with Gasteiger partial charge in [0.1, 0.15) is 5.75 Å². The van der Waals surface area contributed by atoms with Gasteiger partial charge in [0.15, 0.2) is 9.84 Å². The van der Waals surface area contributed by atoms with Crippen molar-refractivity contribution in [2.24, 2.45) is 0 Å². The maximum atomic E-state index is 12.0. The molecule has 0 spiro atoms. The molecule has 0 bridgehead atoms. The van der Waals surface area contributed by atoms with Crippen LogP contribution in [0, 0.1) is 0 Å². The molecule has 0 aromatic heterocycles. The molecule has 1 aromatic rings. The highest BCUT2D eigenvalue weighted by Gasteiger charge is 2.39. The molecule has 1 saturated heterocycles. The molecule has 1 heterocycles. The maximum Gasteiger partial charge on any atom is 0.234 e. The first kappa shape index (κ1) is 19.6. The largest absolute Gasteiger partial charge is 0.497 e. The number of hydrogen-bond donors (Lipinski definition) is 2. The van der Waals surface area contributed by atoms with Crippen molar-refractivity contribution in [2.45, 2.75) is 18.9 Å². The highest BCUT2D eigenvalue weighted by Crippen LogP contribution is 2.23. The van der Waals surface area contributed by atoms with Crippen molar-refractivity contribution in [1.82, 2.24) is 5.32 Å². The summed E-state index contributed by atoms with van der Waals surface area (Å²) in [6, 6.07) is 6.95. The van der Waals surface area contributed by atoms with E-state index in [2.05, 4.69) is 10.6 Å². The van der Waals surface area contributed by atoms with Gasteiger partial charge in [0, 0.05) is 5.69 Å². The van der Waals surface area contributed by atoms with Crippen molar-refractivity contribution in [1.29, 1.82) is 0 Å². The van der Waals surface area contributed by atoms with Gasteiger partial charge in [0.2, 0.25) is 11.8 Å². The minimum Gasteiger partial charge on any atom is -0.497 e. The van der Waals surface area contributed by atoms with E-state index in [-0.39, 0.29) is 34.8 Å². The fraction of sp³-hybridized carbons (Fsp3) is 0.500. The van der Waals surface area contributed by atoms with Crippen molar-refractivity contribution in [2.75, 3.05) is 35.4 Å². The van der Waals surface area contributed by atoms with Crippen LogP contribution >= 0.6 is 11.8 Å². The SMILES string of the molecule is COc1ccc(NC(=O)CSCC(=O)N[C@]2(C)CCS(=O)(=O)C2)cc1. The van der Waals surface area contributed by atoms with E-state index in [0.29, 0.717) is 17.9 Å². The fourth-order valence-corrected chi connectivity index (χ4v) is 5.30. The number of carbonyl (C=O) groups excluding carboxylic acids is 2. The van der Waals surface area contributed by atoms with Crippen LogP contribution in [0.25, 0.3) is 0 Å². The standard InChI is InChI=1S/C16H22N2O5S2/c1-16(7-8-25(21,22)11-16)18-15(20)10-24-9-14(19)17-12-3-5-13(23-2)6-4-12/h3-6H,7-11H2,1-2H3,(H,17,19)(H,18,20)/t16-/m1/s1. The predicted molar refractivity (Wildman–Crippen MR) is 98.8 cm³/mol. The Morgan fingerprint density at radius 1 is 1.20 bits per heavy atom. The second kappa shape index (κ2) is 8.09. The number of carbonyl (C=O) groups is 2. The monoisotopic (exact) mass is 386 g/mol. The van der Waals surface area contributed by atoms with Crippen molar-refractivity contribution < 1.29 is 22.7 Å². The number of thioether (sulfide) groups is 1. The number of hydrogen-bond acceptors (Lipinski definition) is 6. The van der Waals surface area contributed by atoms with Gasteiger partial charge >= 0.3 is 0 Å². The number of nitrogens with one attached hydrogen (secondary N) is 2. The molecule has 7 nitrogen and oxygen atoms in total. The van der Waals surface area contributed by atoms with Crippen molar-refractivity contribution in [3.05, 3.63) is 24.3 Å². The van der Waals surface area contributed by atoms with Crippen LogP contribution in [0.5, 0.6) is 5.75 Å². The summed E-state index contributed by atoms with van der Waals surface area (Å²) >= 11 is 1.18. The molecule has 0 unspecified atom stereocenters. The molecule has 0 saturated carbocycles. The summed E-state index contributed by atoms with van der Waals surface area (Å²) in [6.45, 7) is 1.73. The summed E-state index contributed by atoms with van der Waals surface area (Å²) in [6.07, 6.45) is 0.420. The Balaban J connectivity index is 1.70. The number of sulfone groups is 1. The molecule has 1 aliphatic rings. The van der Waals surface area contributed by atoms with E-state index in [0.717, 1.165) is 0 Å².